The zero-order chi connectivity index (χ0) is 13.6. The van der Waals surface area contributed by atoms with Gasteiger partial charge in [0.1, 0.15) is 0 Å². The number of hydrogen-bond acceptors (Lipinski definition) is 2. The van der Waals surface area contributed by atoms with Gasteiger partial charge in [-0.15, -0.1) is 0 Å². The normalized spacial score (nSPS) is 13.6. The van der Waals surface area contributed by atoms with E-state index >= 15 is 0 Å². The van der Waals surface area contributed by atoms with E-state index in [2.05, 4.69) is 31.1 Å². The third-order valence-electron chi connectivity index (χ3n) is 2.48. The van der Waals surface area contributed by atoms with Gasteiger partial charge in [-0.1, -0.05) is 51.1 Å². The van der Waals surface area contributed by atoms with Gasteiger partial charge in [-0.25, -0.2) is 0 Å². The molecule has 0 aliphatic rings. The Bertz CT molecular complexity index is 404. The highest BCUT2D eigenvalue weighted by molar-refractivity contribution is 5.77. The Hall–Kier alpha value is -1.64. The number of carbonyl (C=O) groups is 1. The summed E-state index contributed by atoms with van der Waals surface area (Å²) < 4.78 is 0. The van der Waals surface area contributed by atoms with E-state index in [0.29, 0.717) is 6.42 Å². The molecule has 1 amide bonds. The molecule has 0 saturated carbocycles. The summed E-state index contributed by atoms with van der Waals surface area (Å²) in [6.45, 7) is 6.29. The topological polar surface area (TPSA) is 41.5 Å². The van der Waals surface area contributed by atoms with Crippen LogP contribution in [0.3, 0.4) is 0 Å². The van der Waals surface area contributed by atoms with Crippen molar-refractivity contribution >= 4 is 12.1 Å². The third-order valence-corrected chi connectivity index (χ3v) is 2.48. The number of carbonyl (C=O) groups excluding carboxylic acids is 1. The fraction of sp³-hybridized carbons (Fsp3) is 0.467. The van der Waals surface area contributed by atoms with Gasteiger partial charge in [0.15, 0.2) is 0 Å². The summed E-state index contributed by atoms with van der Waals surface area (Å²) in [4.78, 5) is 16.1. The predicted molar refractivity (Wildman–Crippen MR) is 75.8 cm³/mol. The van der Waals surface area contributed by atoms with Crippen LogP contribution in [0.5, 0.6) is 0 Å². The molecule has 0 aromatic heterocycles. The van der Waals surface area contributed by atoms with E-state index < -0.39 is 0 Å². The van der Waals surface area contributed by atoms with Gasteiger partial charge in [0, 0.05) is 13.3 Å². The molecule has 0 aliphatic heterocycles. The van der Waals surface area contributed by atoms with E-state index in [1.54, 1.807) is 7.05 Å². The van der Waals surface area contributed by atoms with Crippen molar-refractivity contribution in [1.82, 2.24) is 5.32 Å². The Morgan fingerprint density at radius 1 is 1.33 bits per heavy atom. The minimum absolute atomic E-state index is 0.00918. The van der Waals surface area contributed by atoms with Crippen molar-refractivity contribution in [1.29, 1.82) is 0 Å². The number of rotatable bonds is 4. The smallest absolute Gasteiger partial charge is 0.222 e. The van der Waals surface area contributed by atoms with E-state index in [0.717, 1.165) is 5.56 Å². The Morgan fingerprint density at radius 2 is 1.94 bits per heavy atom. The molecule has 1 atom stereocenters. The lowest BCUT2D eigenvalue weighted by molar-refractivity contribution is -0.120. The molecule has 1 aromatic carbocycles. The lowest BCUT2D eigenvalue weighted by atomic mass is 9.98. The van der Waals surface area contributed by atoms with Crippen LogP contribution in [0.15, 0.2) is 35.3 Å². The largest absolute Gasteiger partial charge is 0.359 e. The molecule has 3 nitrogen and oxygen atoms in total. The second kappa shape index (κ2) is 6.34. The van der Waals surface area contributed by atoms with Crippen molar-refractivity contribution in [3.05, 3.63) is 35.9 Å². The first kappa shape index (κ1) is 14.4. The summed E-state index contributed by atoms with van der Waals surface area (Å²) in [6, 6.07) is 9.82. The second-order valence-corrected chi connectivity index (χ2v) is 5.45. The monoisotopic (exact) mass is 246 g/mol. The minimum atomic E-state index is -0.106. The summed E-state index contributed by atoms with van der Waals surface area (Å²) in [5.41, 5.74) is 1.09. The number of hydrogen-bond donors (Lipinski definition) is 1. The highest BCUT2D eigenvalue weighted by Gasteiger charge is 2.15. The Morgan fingerprint density at radius 3 is 2.44 bits per heavy atom. The molecule has 0 saturated heterocycles. The molecule has 0 radical (unpaired) electrons. The predicted octanol–water partition coefficient (Wildman–Crippen LogP) is 2.98. The Labute approximate surface area is 109 Å². The summed E-state index contributed by atoms with van der Waals surface area (Å²) >= 11 is 0. The molecule has 0 aliphatic carbocycles. The van der Waals surface area contributed by atoms with Gasteiger partial charge >= 0.3 is 0 Å². The van der Waals surface area contributed by atoms with Crippen molar-refractivity contribution in [3.63, 3.8) is 0 Å². The van der Waals surface area contributed by atoms with Crippen LogP contribution in [0.1, 0.15) is 38.8 Å². The fourth-order valence-corrected chi connectivity index (χ4v) is 1.52. The van der Waals surface area contributed by atoms with E-state index in [1.165, 1.54) is 0 Å². The summed E-state index contributed by atoms with van der Waals surface area (Å²) in [5, 5.41) is 2.65. The van der Waals surface area contributed by atoms with Gasteiger partial charge < -0.3 is 5.32 Å². The molecular weight excluding hydrogens is 224 g/mol. The first-order valence-electron chi connectivity index (χ1n) is 6.22. The molecular formula is C15H22N2O. The van der Waals surface area contributed by atoms with Crippen LogP contribution in [0.2, 0.25) is 0 Å². The highest BCUT2D eigenvalue weighted by atomic mass is 16.1. The molecule has 1 N–H and O–H groups in total. The van der Waals surface area contributed by atoms with Crippen LogP contribution in [-0.4, -0.2) is 19.2 Å². The zero-order valence-electron chi connectivity index (χ0n) is 11.6. The van der Waals surface area contributed by atoms with Gasteiger partial charge in [0.25, 0.3) is 0 Å². The van der Waals surface area contributed by atoms with Crippen LogP contribution in [0.4, 0.5) is 0 Å². The first-order valence-corrected chi connectivity index (χ1v) is 6.22. The van der Waals surface area contributed by atoms with Gasteiger partial charge in [-0.3, -0.25) is 9.79 Å². The minimum Gasteiger partial charge on any atom is -0.359 e. The molecule has 98 valence electrons. The van der Waals surface area contributed by atoms with Crippen molar-refractivity contribution in [2.75, 3.05) is 7.05 Å². The molecule has 1 unspecified atom stereocenters. The van der Waals surface area contributed by atoms with Crippen LogP contribution >= 0.6 is 0 Å². The van der Waals surface area contributed by atoms with Gasteiger partial charge in [-0.05, 0) is 11.0 Å². The molecule has 18 heavy (non-hydrogen) atoms. The lowest BCUT2D eigenvalue weighted by Crippen LogP contribution is -2.20. The maximum absolute atomic E-state index is 11.5. The first-order chi connectivity index (χ1) is 8.42. The van der Waals surface area contributed by atoms with Crippen molar-refractivity contribution < 1.29 is 4.79 Å². The van der Waals surface area contributed by atoms with Crippen LogP contribution in [0, 0.1) is 5.41 Å². The molecule has 0 bridgehead atoms. The van der Waals surface area contributed by atoms with E-state index in [9.17, 15) is 4.79 Å². The quantitative estimate of drug-likeness (QED) is 0.815. The summed E-state index contributed by atoms with van der Waals surface area (Å²) in [5.74, 6) is 0.00918. The number of nitrogens with one attached hydrogen (secondary N) is 1. The third kappa shape index (κ3) is 5.13. The number of benzene rings is 1. The summed E-state index contributed by atoms with van der Waals surface area (Å²) in [7, 11) is 1.65. The average molecular weight is 246 g/mol. The molecule has 0 fully saturated rings. The zero-order valence-corrected chi connectivity index (χ0v) is 11.6. The van der Waals surface area contributed by atoms with Crippen molar-refractivity contribution in [3.8, 4) is 0 Å². The SMILES string of the molecule is CNC(=O)CC(N=CC(C)(C)C)c1ccccc1. The van der Waals surface area contributed by atoms with Crippen LogP contribution in [0.25, 0.3) is 0 Å². The Kier molecular flexibility index (Phi) is 5.08. The lowest BCUT2D eigenvalue weighted by Gasteiger charge is -2.16. The molecule has 0 spiro atoms. The number of nitrogens with zero attached hydrogens (tertiary/aromatic N) is 1. The highest BCUT2D eigenvalue weighted by Crippen LogP contribution is 2.22. The molecule has 1 aromatic rings. The second-order valence-electron chi connectivity index (χ2n) is 5.45. The van der Waals surface area contributed by atoms with E-state index in [4.69, 9.17) is 0 Å². The van der Waals surface area contributed by atoms with Crippen molar-refractivity contribution in [2.24, 2.45) is 10.4 Å². The fourth-order valence-electron chi connectivity index (χ4n) is 1.52. The molecule has 1 rings (SSSR count). The van der Waals surface area contributed by atoms with Crippen LogP contribution < -0.4 is 5.32 Å². The van der Waals surface area contributed by atoms with Crippen LogP contribution in [-0.2, 0) is 4.79 Å². The number of amides is 1. The van der Waals surface area contributed by atoms with E-state index in [1.807, 2.05) is 36.5 Å². The van der Waals surface area contributed by atoms with Crippen molar-refractivity contribution in [2.45, 2.75) is 33.2 Å². The van der Waals surface area contributed by atoms with Gasteiger partial charge in [0.05, 0.1) is 12.5 Å². The van der Waals surface area contributed by atoms with E-state index in [-0.39, 0.29) is 17.4 Å². The maximum atomic E-state index is 11.5. The standard InChI is InChI=1S/C15H22N2O/c1-15(2,3)11-17-13(10-14(18)16-4)12-8-6-5-7-9-12/h5-9,11,13H,10H2,1-4H3,(H,16,18). The maximum Gasteiger partial charge on any atom is 0.222 e. The number of aliphatic imine (C=N–C) groups is 1. The van der Waals surface area contributed by atoms with Gasteiger partial charge in [-0.2, -0.15) is 0 Å². The molecule has 0 heterocycles. The summed E-state index contributed by atoms with van der Waals surface area (Å²) in [6.07, 6.45) is 2.31. The van der Waals surface area contributed by atoms with Gasteiger partial charge in [0.2, 0.25) is 5.91 Å². The molecule has 3 heteroatoms. The average Bonchev–Trinajstić information content (AvgIpc) is 2.34. The Balaban J connectivity index is 2.89.